The largest absolute Gasteiger partial charge is 0.464 e. The lowest BCUT2D eigenvalue weighted by molar-refractivity contribution is -0.146. The van der Waals surface area contributed by atoms with Gasteiger partial charge in [-0.3, -0.25) is 0 Å². The van der Waals surface area contributed by atoms with E-state index in [-0.39, 0.29) is 12.5 Å². The van der Waals surface area contributed by atoms with Crippen LogP contribution in [0.3, 0.4) is 0 Å². The molecule has 0 aromatic carbocycles. The fourth-order valence-electron chi connectivity index (χ4n) is 1.78. The second kappa shape index (κ2) is 15.3. The van der Waals surface area contributed by atoms with Gasteiger partial charge in [-0.1, -0.05) is 32.6 Å². The van der Waals surface area contributed by atoms with Crippen LogP contribution in [0.4, 0.5) is 4.79 Å². The maximum atomic E-state index is 12.0. The third kappa shape index (κ3) is 12.0. The van der Waals surface area contributed by atoms with Crippen molar-refractivity contribution in [2.24, 2.45) is 0 Å². The van der Waals surface area contributed by atoms with E-state index in [1.165, 1.54) is 12.8 Å². The number of carbonyl (C=O) groups is 2. The third-order valence-electron chi connectivity index (χ3n) is 2.99. The predicted octanol–water partition coefficient (Wildman–Crippen LogP) is 3.59. The molecule has 0 aliphatic rings. The molecule has 0 aliphatic carbocycles. The van der Waals surface area contributed by atoms with Crippen LogP contribution in [0.2, 0.25) is 0 Å². The van der Waals surface area contributed by atoms with Crippen LogP contribution in [-0.2, 0) is 14.3 Å². The van der Waals surface area contributed by atoms with Crippen molar-refractivity contribution in [3.8, 4) is 0 Å². The number of nitrogens with one attached hydrogen (secondary N) is 1. The van der Waals surface area contributed by atoms with Gasteiger partial charge in [0.05, 0.1) is 12.5 Å². The summed E-state index contributed by atoms with van der Waals surface area (Å²) in [4.78, 5) is 23.5. The van der Waals surface area contributed by atoms with Gasteiger partial charge >= 0.3 is 12.1 Å². The minimum atomic E-state index is -0.661. The number of unbranched alkanes of at least 4 members (excludes halogenated alkanes) is 4. The van der Waals surface area contributed by atoms with E-state index in [0.29, 0.717) is 13.0 Å². The molecule has 130 valence electrons. The Morgan fingerprint density at radius 1 is 1.14 bits per heavy atom. The molecule has 7 heteroatoms. The first-order chi connectivity index (χ1) is 10.7. The van der Waals surface area contributed by atoms with Gasteiger partial charge in [-0.15, -0.1) is 11.6 Å². The van der Waals surface area contributed by atoms with E-state index >= 15 is 0 Å². The Kier molecular flexibility index (Phi) is 14.9. The highest BCUT2D eigenvalue weighted by Crippen LogP contribution is 2.06. The molecule has 0 spiro atoms. The number of esters is 1. The summed E-state index contributed by atoms with van der Waals surface area (Å²) < 4.78 is 10.1. The van der Waals surface area contributed by atoms with Crippen molar-refractivity contribution in [1.82, 2.24) is 5.32 Å². The van der Waals surface area contributed by atoms with Crippen LogP contribution in [-0.4, -0.2) is 49.2 Å². The lowest BCUT2D eigenvalue weighted by Gasteiger charge is -2.17. The number of thioether (sulfide) groups is 1. The lowest BCUT2D eigenvalue weighted by Crippen LogP contribution is -2.42. The third-order valence-corrected chi connectivity index (χ3v) is 3.79. The molecule has 1 unspecified atom stereocenters. The molecule has 22 heavy (non-hydrogen) atoms. The average molecular weight is 354 g/mol. The zero-order valence-corrected chi connectivity index (χ0v) is 15.1. The van der Waals surface area contributed by atoms with Crippen LogP contribution >= 0.6 is 23.4 Å². The SMILES string of the molecule is CCCCCCCOC(=O)C(CCSC)NC(=O)OCCCl. The first-order valence-electron chi connectivity index (χ1n) is 7.80. The Labute approximate surface area is 142 Å². The van der Waals surface area contributed by atoms with Gasteiger partial charge < -0.3 is 14.8 Å². The van der Waals surface area contributed by atoms with Crippen molar-refractivity contribution >= 4 is 35.4 Å². The maximum absolute atomic E-state index is 12.0. The van der Waals surface area contributed by atoms with Crippen molar-refractivity contribution in [1.29, 1.82) is 0 Å². The number of rotatable bonds is 13. The standard InChI is InChI=1S/C15H28ClNO4S/c1-3-4-5-6-7-10-20-14(18)13(8-12-22-2)17-15(19)21-11-9-16/h13H,3-12H2,1-2H3,(H,17,19). The van der Waals surface area contributed by atoms with Crippen LogP contribution in [0.1, 0.15) is 45.4 Å². The van der Waals surface area contributed by atoms with E-state index in [9.17, 15) is 9.59 Å². The van der Waals surface area contributed by atoms with Gasteiger partial charge in [-0.2, -0.15) is 11.8 Å². The van der Waals surface area contributed by atoms with Gasteiger partial charge in [0.15, 0.2) is 0 Å². The zero-order valence-electron chi connectivity index (χ0n) is 13.6. The summed E-state index contributed by atoms with van der Waals surface area (Å²) in [5.74, 6) is 0.587. The molecule has 0 bridgehead atoms. The molecule has 0 fully saturated rings. The molecule has 0 aliphatic heterocycles. The fourth-order valence-corrected chi connectivity index (χ4v) is 2.33. The molecule has 0 aromatic rings. The number of alkyl halides is 1. The molecule has 0 saturated carbocycles. The van der Waals surface area contributed by atoms with Gasteiger partial charge in [-0.25, -0.2) is 9.59 Å². The summed E-state index contributed by atoms with van der Waals surface area (Å²) in [6, 6.07) is -0.661. The summed E-state index contributed by atoms with van der Waals surface area (Å²) in [6.45, 7) is 2.68. The molecule has 0 aromatic heterocycles. The number of amides is 1. The first-order valence-corrected chi connectivity index (χ1v) is 9.73. The molecule has 1 N–H and O–H groups in total. The number of carbonyl (C=O) groups excluding carboxylic acids is 2. The second-order valence-electron chi connectivity index (χ2n) is 4.89. The van der Waals surface area contributed by atoms with Crippen LogP contribution in [0.15, 0.2) is 0 Å². The molecule has 0 rings (SSSR count). The average Bonchev–Trinajstić information content (AvgIpc) is 2.52. The van der Waals surface area contributed by atoms with Crippen molar-refractivity contribution < 1.29 is 19.1 Å². The molecule has 0 radical (unpaired) electrons. The minimum Gasteiger partial charge on any atom is -0.464 e. The van der Waals surface area contributed by atoms with E-state index in [0.717, 1.165) is 25.0 Å². The monoisotopic (exact) mass is 353 g/mol. The number of halogens is 1. The Balaban J connectivity index is 4.07. The fraction of sp³-hybridized carbons (Fsp3) is 0.867. The van der Waals surface area contributed by atoms with Crippen molar-refractivity contribution in [2.75, 3.05) is 31.1 Å². The van der Waals surface area contributed by atoms with Gasteiger partial charge in [0.1, 0.15) is 12.6 Å². The molecule has 0 heterocycles. The first kappa shape index (κ1) is 21.4. The molecule has 1 amide bonds. The van der Waals surface area contributed by atoms with Crippen molar-refractivity contribution in [3.05, 3.63) is 0 Å². The lowest BCUT2D eigenvalue weighted by atomic mass is 10.2. The smallest absolute Gasteiger partial charge is 0.407 e. The van der Waals surface area contributed by atoms with Crippen molar-refractivity contribution in [2.45, 2.75) is 51.5 Å². The molecule has 1 atom stereocenters. The summed E-state index contributed by atoms with van der Waals surface area (Å²) in [5, 5.41) is 2.54. The number of hydrogen-bond acceptors (Lipinski definition) is 5. The Bertz CT molecular complexity index is 305. The quantitative estimate of drug-likeness (QED) is 0.311. The Morgan fingerprint density at radius 2 is 1.86 bits per heavy atom. The highest BCUT2D eigenvalue weighted by atomic mass is 35.5. The van der Waals surface area contributed by atoms with E-state index < -0.39 is 18.1 Å². The number of hydrogen-bond donors (Lipinski definition) is 1. The van der Waals surface area contributed by atoms with Crippen LogP contribution in [0.25, 0.3) is 0 Å². The number of ether oxygens (including phenoxy) is 2. The highest BCUT2D eigenvalue weighted by Gasteiger charge is 2.22. The Hall–Kier alpha value is -0.620. The van der Waals surface area contributed by atoms with E-state index in [1.807, 2.05) is 6.26 Å². The number of alkyl carbamates (subject to hydrolysis) is 1. The second-order valence-corrected chi connectivity index (χ2v) is 6.25. The topological polar surface area (TPSA) is 64.6 Å². The predicted molar refractivity (Wildman–Crippen MR) is 91.7 cm³/mol. The molecular weight excluding hydrogens is 326 g/mol. The molecule has 0 saturated heterocycles. The van der Waals surface area contributed by atoms with Crippen molar-refractivity contribution in [3.63, 3.8) is 0 Å². The summed E-state index contributed by atoms with van der Waals surface area (Å²) in [6.07, 6.45) is 7.30. The van der Waals surface area contributed by atoms with Crippen LogP contribution in [0.5, 0.6) is 0 Å². The van der Waals surface area contributed by atoms with Crippen LogP contribution < -0.4 is 5.32 Å². The normalized spacial score (nSPS) is 11.8. The Morgan fingerprint density at radius 3 is 2.50 bits per heavy atom. The highest BCUT2D eigenvalue weighted by molar-refractivity contribution is 7.98. The van der Waals surface area contributed by atoms with Crippen LogP contribution in [0, 0.1) is 0 Å². The van der Waals surface area contributed by atoms with Gasteiger partial charge in [-0.05, 0) is 24.9 Å². The molecular formula is C15H28ClNO4S. The van der Waals surface area contributed by atoms with Gasteiger partial charge in [0.2, 0.25) is 0 Å². The minimum absolute atomic E-state index is 0.120. The maximum Gasteiger partial charge on any atom is 0.407 e. The van der Waals surface area contributed by atoms with Gasteiger partial charge in [0, 0.05) is 0 Å². The summed E-state index contributed by atoms with van der Waals surface area (Å²) in [7, 11) is 0. The molecule has 5 nitrogen and oxygen atoms in total. The van der Waals surface area contributed by atoms with E-state index in [1.54, 1.807) is 11.8 Å². The summed E-state index contributed by atoms with van der Waals surface area (Å²) in [5.41, 5.74) is 0. The zero-order chi connectivity index (χ0) is 16.6. The van der Waals surface area contributed by atoms with E-state index in [4.69, 9.17) is 21.1 Å². The van der Waals surface area contributed by atoms with E-state index in [2.05, 4.69) is 12.2 Å². The summed E-state index contributed by atoms with van der Waals surface area (Å²) >= 11 is 7.06. The van der Waals surface area contributed by atoms with Gasteiger partial charge in [0.25, 0.3) is 0 Å².